The van der Waals surface area contributed by atoms with Crippen LogP contribution in [0, 0.1) is 0 Å². The first-order valence-electron chi connectivity index (χ1n) is 7.35. The summed E-state index contributed by atoms with van der Waals surface area (Å²) in [6, 6.07) is 5.97. The molecule has 0 fully saturated rings. The Labute approximate surface area is 131 Å². The van der Waals surface area contributed by atoms with Crippen LogP contribution in [0.25, 0.3) is 12.2 Å². The highest BCUT2D eigenvalue weighted by atomic mass is 16.5. The molecule has 116 valence electrons. The molecule has 0 bridgehead atoms. The Morgan fingerprint density at radius 1 is 1.32 bits per heavy atom. The van der Waals surface area contributed by atoms with E-state index in [0.717, 1.165) is 29.4 Å². The van der Waals surface area contributed by atoms with E-state index < -0.39 is 0 Å². The second-order valence-corrected chi connectivity index (χ2v) is 4.81. The first kappa shape index (κ1) is 15.9. The largest absolute Gasteiger partial charge is 0.493 e. The van der Waals surface area contributed by atoms with Gasteiger partial charge in [-0.1, -0.05) is 25.6 Å². The lowest BCUT2D eigenvalue weighted by Gasteiger charge is -2.10. The number of aromatic nitrogens is 2. The monoisotopic (exact) mass is 298 g/mol. The lowest BCUT2D eigenvalue weighted by atomic mass is 10.1. The second kappa shape index (κ2) is 7.50. The molecule has 1 heterocycles. The summed E-state index contributed by atoms with van der Waals surface area (Å²) in [6.07, 6.45) is 6.61. The fourth-order valence-corrected chi connectivity index (χ4v) is 2.17. The van der Waals surface area contributed by atoms with Crippen molar-refractivity contribution in [2.75, 3.05) is 7.11 Å². The van der Waals surface area contributed by atoms with Crippen LogP contribution >= 0.6 is 0 Å². The molecule has 0 spiro atoms. The van der Waals surface area contributed by atoms with E-state index in [1.54, 1.807) is 13.2 Å². The van der Waals surface area contributed by atoms with Gasteiger partial charge in [0.25, 0.3) is 0 Å². The molecule has 2 aromatic rings. The number of rotatable bonds is 7. The maximum absolute atomic E-state index is 5.83. The fourth-order valence-electron chi connectivity index (χ4n) is 2.17. The number of hydrogen-bond acceptors (Lipinski definition) is 3. The van der Waals surface area contributed by atoms with E-state index in [4.69, 9.17) is 9.47 Å². The zero-order valence-electron chi connectivity index (χ0n) is 13.3. The highest BCUT2D eigenvalue weighted by molar-refractivity contribution is 5.58. The average Bonchev–Trinajstić information content (AvgIpc) is 2.95. The summed E-state index contributed by atoms with van der Waals surface area (Å²) in [5.41, 5.74) is 2.97. The van der Waals surface area contributed by atoms with Gasteiger partial charge >= 0.3 is 0 Å². The number of imidazole rings is 1. The van der Waals surface area contributed by atoms with Gasteiger partial charge in [0.2, 0.25) is 0 Å². The molecule has 0 aliphatic carbocycles. The number of benzene rings is 1. The molecule has 4 heteroatoms. The van der Waals surface area contributed by atoms with E-state index in [2.05, 4.69) is 23.5 Å². The molecule has 1 aromatic carbocycles. The van der Waals surface area contributed by atoms with Crippen LogP contribution in [0.2, 0.25) is 0 Å². The minimum Gasteiger partial charge on any atom is -0.493 e. The van der Waals surface area contributed by atoms with E-state index in [-0.39, 0.29) is 0 Å². The van der Waals surface area contributed by atoms with Crippen LogP contribution < -0.4 is 9.47 Å². The average molecular weight is 298 g/mol. The number of nitrogens with zero attached hydrogens (tertiary/aromatic N) is 1. The molecule has 0 aliphatic rings. The summed E-state index contributed by atoms with van der Waals surface area (Å²) in [5.74, 6) is 2.21. The van der Waals surface area contributed by atoms with Gasteiger partial charge in [0.05, 0.1) is 18.5 Å². The van der Waals surface area contributed by atoms with E-state index in [1.807, 2.05) is 37.3 Å². The van der Waals surface area contributed by atoms with Crippen LogP contribution in [0.15, 0.2) is 30.9 Å². The van der Waals surface area contributed by atoms with Crippen molar-refractivity contribution in [2.45, 2.75) is 26.9 Å². The molecule has 0 amide bonds. The Kier molecular flexibility index (Phi) is 5.42. The quantitative estimate of drug-likeness (QED) is 0.832. The lowest BCUT2D eigenvalue weighted by Crippen LogP contribution is -2.00. The summed E-state index contributed by atoms with van der Waals surface area (Å²) in [7, 11) is 1.65. The zero-order chi connectivity index (χ0) is 15.9. The highest BCUT2D eigenvalue weighted by Crippen LogP contribution is 2.29. The zero-order valence-corrected chi connectivity index (χ0v) is 13.3. The van der Waals surface area contributed by atoms with Crippen LogP contribution in [0.5, 0.6) is 11.5 Å². The molecule has 0 radical (unpaired) electrons. The number of nitrogens with one attached hydrogen (secondary N) is 1. The molecule has 2 rings (SSSR count). The third-order valence-electron chi connectivity index (χ3n) is 3.34. The summed E-state index contributed by atoms with van der Waals surface area (Å²) in [4.78, 5) is 7.69. The topological polar surface area (TPSA) is 47.1 Å². The van der Waals surface area contributed by atoms with Gasteiger partial charge in [-0.15, -0.1) is 0 Å². The molecule has 1 N–H and O–H groups in total. The normalized spacial score (nSPS) is 10.9. The van der Waals surface area contributed by atoms with E-state index in [1.165, 1.54) is 5.56 Å². The Hall–Kier alpha value is -2.49. The molecule has 4 nitrogen and oxygen atoms in total. The van der Waals surface area contributed by atoms with Crippen LogP contribution in [0.1, 0.15) is 36.6 Å². The summed E-state index contributed by atoms with van der Waals surface area (Å²) >= 11 is 0. The van der Waals surface area contributed by atoms with Crippen molar-refractivity contribution in [3.63, 3.8) is 0 Å². The smallest absolute Gasteiger partial charge is 0.161 e. The van der Waals surface area contributed by atoms with Crippen molar-refractivity contribution in [1.82, 2.24) is 9.97 Å². The lowest BCUT2D eigenvalue weighted by molar-refractivity contribution is 0.277. The van der Waals surface area contributed by atoms with Crippen LogP contribution in [-0.2, 0) is 13.0 Å². The molecular weight excluding hydrogens is 276 g/mol. The van der Waals surface area contributed by atoms with Gasteiger partial charge in [0, 0.05) is 0 Å². The van der Waals surface area contributed by atoms with Crippen LogP contribution in [-0.4, -0.2) is 17.1 Å². The van der Waals surface area contributed by atoms with Gasteiger partial charge in [0.1, 0.15) is 12.4 Å². The molecule has 1 aromatic heterocycles. The Balaban J connectivity index is 2.14. The standard InChI is InChI=1S/C18H22N2O2/c1-5-8-15-14(7-3)19-18(20-15)12-22-16-10-9-13(6-2)11-17(16)21-4/h5,7-11H,3,6,12H2,1-2,4H3,(H,19,20)/b8-5-. The number of H-pyrrole nitrogens is 1. The van der Waals surface area contributed by atoms with Crippen LogP contribution in [0.3, 0.4) is 0 Å². The van der Waals surface area contributed by atoms with Crippen molar-refractivity contribution in [1.29, 1.82) is 0 Å². The predicted octanol–water partition coefficient (Wildman–Crippen LogP) is 4.24. The molecule has 0 saturated carbocycles. The molecule has 0 unspecified atom stereocenters. The van der Waals surface area contributed by atoms with Crippen molar-refractivity contribution in [3.05, 3.63) is 53.6 Å². The molecule has 0 aliphatic heterocycles. The van der Waals surface area contributed by atoms with E-state index in [9.17, 15) is 0 Å². The number of allylic oxidation sites excluding steroid dienone is 1. The van der Waals surface area contributed by atoms with Crippen LogP contribution in [0.4, 0.5) is 0 Å². The van der Waals surface area contributed by atoms with Crippen molar-refractivity contribution >= 4 is 12.2 Å². The Morgan fingerprint density at radius 3 is 2.77 bits per heavy atom. The Bertz CT molecular complexity index is 672. The highest BCUT2D eigenvalue weighted by Gasteiger charge is 2.09. The molecule has 0 atom stereocenters. The molecule has 22 heavy (non-hydrogen) atoms. The first-order chi connectivity index (χ1) is 10.7. The minimum atomic E-state index is 0.347. The summed E-state index contributed by atoms with van der Waals surface area (Å²) < 4.78 is 11.2. The summed E-state index contributed by atoms with van der Waals surface area (Å²) in [5, 5.41) is 0. The molecular formula is C18H22N2O2. The van der Waals surface area contributed by atoms with Crippen molar-refractivity contribution < 1.29 is 9.47 Å². The minimum absolute atomic E-state index is 0.347. The number of hydrogen-bond donors (Lipinski definition) is 1. The van der Waals surface area contributed by atoms with Crippen molar-refractivity contribution in [2.24, 2.45) is 0 Å². The number of ether oxygens (including phenoxy) is 2. The maximum atomic E-state index is 5.83. The van der Waals surface area contributed by atoms with E-state index in [0.29, 0.717) is 12.4 Å². The van der Waals surface area contributed by atoms with Gasteiger partial charge < -0.3 is 14.5 Å². The Morgan fingerprint density at radius 2 is 2.14 bits per heavy atom. The van der Waals surface area contributed by atoms with Gasteiger partial charge in [-0.05, 0) is 43.2 Å². The predicted molar refractivity (Wildman–Crippen MR) is 90.1 cm³/mol. The second-order valence-electron chi connectivity index (χ2n) is 4.81. The van der Waals surface area contributed by atoms with Gasteiger partial charge in [-0.2, -0.15) is 0 Å². The van der Waals surface area contributed by atoms with E-state index >= 15 is 0 Å². The number of methoxy groups -OCH3 is 1. The number of aryl methyl sites for hydroxylation is 1. The third kappa shape index (κ3) is 3.58. The van der Waals surface area contributed by atoms with Gasteiger partial charge in [-0.3, -0.25) is 0 Å². The van der Waals surface area contributed by atoms with Gasteiger partial charge in [-0.25, -0.2) is 4.98 Å². The van der Waals surface area contributed by atoms with Crippen molar-refractivity contribution in [3.8, 4) is 11.5 Å². The maximum Gasteiger partial charge on any atom is 0.161 e. The molecule has 0 saturated heterocycles. The third-order valence-corrected chi connectivity index (χ3v) is 3.34. The first-order valence-corrected chi connectivity index (χ1v) is 7.35. The van der Waals surface area contributed by atoms with Gasteiger partial charge in [0.15, 0.2) is 11.5 Å². The summed E-state index contributed by atoms with van der Waals surface area (Å²) in [6.45, 7) is 8.19. The number of aromatic amines is 1. The fraction of sp³-hybridized carbons (Fsp3) is 0.278. The SMILES string of the molecule is C=Cc1nc(COc2ccc(CC)cc2OC)[nH]c1/C=C\C.